The van der Waals surface area contributed by atoms with Crippen LogP contribution < -0.4 is 46.3 Å². The number of methoxy groups -OCH3 is 2. The second-order valence-electron chi connectivity index (χ2n) is 28.0. The van der Waals surface area contributed by atoms with Crippen molar-refractivity contribution in [2.24, 2.45) is 5.92 Å². The number of amides is 1. The van der Waals surface area contributed by atoms with E-state index in [0.29, 0.717) is 33.8 Å². The van der Waals surface area contributed by atoms with Crippen LogP contribution in [0.15, 0.2) is 202 Å². The summed E-state index contributed by atoms with van der Waals surface area (Å²) in [7, 11) is -10.1. The minimum Gasteiger partial charge on any atom is -0.497 e. The third-order valence-electron chi connectivity index (χ3n) is 19.7. The molecule has 0 saturated carbocycles. The number of aromatic nitrogens is 8. The number of rotatable bonds is 34. The first-order chi connectivity index (χ1) is 55.8. The van der Waals surface area contributed by atoms with Crippen LogP contribution in [0.3, 0.4) is 0 Å². The molecular weight excluding hydrogens is 1600 g/mol. The van der Waals surface area contributed by atoms with Crippen LogP contribution in [0.2, 0.25) is 10.0 Å². The number of aryl methyl sites for hydroxylation is 2. The minimum atomic E-state index is -5.66. The third-order valence-corrected chi connectivity index (χ3v) is 24.8. The molecule has 3 aliphatic rings. The number of imidazole rings is 1. The normalized spacial score (nSPS) is 21.1. The maximum atomic E-state index is 16.8. The van der Waals surface area contributed by atoms with E-state index in [0.717, 1.165) is 4.57 Å². The van der Waals surface area contributed by atoms with E-state index >= 15 is 9.13 Å². The van der Waals surface area contributed by atoms with Crippen LogP contribution in [-0.4, -0.2) is 137 Å². The topological polar surface area (TPSA) is 384 Å². The lowest BCUT2D eigenvalue weighted by Crippen LogP contribution is -2.47. The van der Waals surface area contributed by atoms with Crippen molar-refractivity contribution in [1.29, 1.82) is 5.26 Å². The molecule has 0 spiro atoms. The monoisotopic (exact) mass is 1690 g/mol. The Bertz CT molecular complexity index is 5450. The van der Waals surface area contributed by atoms with Crippen molar-refractivity contribution in [2.75, 3.05) is 39.4 Å². The number of aromatic amines is 2. The number of para-hydroxylation sites is 2. The fraction of sp³-hybridized carbons (Fsp3) is 0.354. The molecule has 32 nitrogen and oxygen atoms in total. The van der Waals surface area contributed by atoms with Crippen molar-refractivity contribution in [2.45, 2.75) is 140 Å². The Morgan fingerprint density at radius 2 is 1.22 bits per heavy atom. The van der Waals surface area contributed by atoms with E-state index < -0.39 is 139 Å². The number of ether oxygens (including phenoxy) is 6. The maximum absolute atomic E-state index is 16.8. The second-order valence-corrected chi connectivity index (χ2v) is 33.1. The molecule has 4 N–H and O–H groups in total. The van der Waals surface area contributed by atoms with Crippen LogP contribution in [0.5, 0.6) is 23.0 Å². The average molecular weight is 1690 g/mol. The number of halogens is 2. The average Bonchev–Trinajstić information content (AvgIpc) is 1.60. The fourth-order valence-electron chi connectivity index (χ4n) is 14.3. The fourth-order valence-corrected chi connectivity index (χ4v) is 18.9. The molecular formula is C79H84Cl2N11O21P3. The number of nitrogens with zero attached hydrogens (tertiary/aromatic N) is 8. The number of hydrogen-bond donors (Lipinski definition) is 4. The summed E-state index contributed by atoms with van der Waals surface area (Å²) in [5.74, 6) is -1.33. The van der Waals surface area contributed by atoms with Gasteiger partial charge in [0.05, 0.1) is 75.1 Å². The Morgan fingerprint density at radius 3 is 1.79 bits per heavy atom. The maximum Gasteiger partial charge on any atom is 0.530 e. The highest BCUT2D eigenvalue weighted by Gasteiger charge is 2.57. The summed E-state index contributed by atoms with van der Waals surface area (Å²) in [4.78, 5) is 99.2. The molecule has 7 heterocycles. The van der Waals surface area contributed by atoms with E-state index in [2.05, 4.69) is 31.3 Å². The molecule has 10 aromatic rings. The van der Waals surface area contributed by atoms with E-state index in [1.54, 1.807) is 71.3 Å². The predicted octanol–water partition coefficient (Wildman–Crippen LogP) is 13.4. The molecule has 6 aromatic carbocycles. The molecule has 1 amide bonds. The Morgan fingerprint density at radius 1 is 0.681 bits per heavy atom. The van der Waals surface area contributed by atoms with Gasteiger partial charge in [-0.2, -0.15) is 5.26 Å². The molecule has 3 aliphatic heterocycles. The van der Waals surface area contributed by atoms with Crippen molar-refractivity contribution in [3.8, 4) is 29.1 Å². The van der Waals surface area contributed by atoms with Gasteiger partial charge in [0.1, 0.15) is 78.0 Å². The smallest absolute Gasteiger partial charge is 0.497 e. The number of carbonyl (C=O) groups is 1. The number of carbonyl (C=O) groups excluding carboxylic acids is 1. The van der Waals surface area contributed by atoms with E-state index in [1.807, 2.05) is 87.0 Å². The molecule has 0 aliphatic carbocycles. The SMILES string of the molecule is COc1ccc(C(OC[C@@H]2O[C@@H](n3cnc4c(NC(=O)c5ccccc5)ncnc43)C[C@@H]2C(OP(=O)(O)Oc2ccccc2Cl)[C@@H]2O[C@@H](n3cc(C)c(=O)[nH]c3=O)C[C@@H]2OP(=O)(OC[C@H]2O[C@@H](n3cc(C)c(=O)[nH]c3=O)C[C@@H]2OP(OCCC#N)N(C(C)C)C(C)C)Oc2ccccc2Cl)(c2ccccc2)c2ccc(OC)cc2)cc1. The zero-order chi connectivity index (χ0) is 82.2. The first-order valence-corrected chi connectivity index (χ1v) is 41.8. The molecule has 13 atom stereocenters. The Kier molecular flexibility index (Phi) is 26.9. The first-order valence-electron chi connectivity index (χ1n) is 37.0. The molecule has 37 heteroatoms. The van der Waals surface area contributed by atoms with Crippen LogP contribution in [-0.2, 0) is 56.3 Å². The molecule has 3 fully saturated rings. The van der Waals surface area contributed by atoms with Crippen LogP contribution in [0.25, 0.3) is 11.2 Å². The summed E-state index contributed by atoms with van der Waals surface area (Å²) < 4.78 is 124. The Balaban J connectivity index is 0.973. The Hall–Kier alpha value is -9.58. The van der Waals surface area contributed by atoms with Crippen molar-refractivity contribution in [3.63, 3.8) is 0 Å². The van der Waals surface area contributed by atoms with Gasteiger partial charge in [-0.15, -0.1) is 0 Å². The highest BCUT2D eigenvalue weighted by Crippen LogP contribution is 2.59. The number of anilines is 1. The standard InChI is InChI=1S/C79H84Cl2N11O21P3/c1-47(2)92(48(3)4)114(104-37-19-36-82)109-62-39-67(89-41-49(5)74(93)87-77(89)96)107-65(62)44-105-116(100,111-61-27-18-16-25-59(61)81)112-63-40-68(90-42-50(6)75(94)88-78(90)97)108-71(63)70(113-115(98,99)110-60-26-17-15-24-58(60)80)57-38-66(91-46-85-69-72(83-45-84-73(69)91)86-76(95)51-20-11-9-12-21-51)106-64(57)43-103-79(52-22-13-10-14-23-52,53-28-32-55(101-7)33-29-53)54-30-34-56(102-8)35-31-54/h9-18,20-35,41-42,45-48,57,62-68,70-71H,19,37-40,43-44H2,1-8H3,(H,98,99)(H,87,93,96)(H,88,94,97)(H,83,84,86,95)/t57-,62-,63-,64-,65+,66+,67+,68+,70?,71+,114?,116?/m0/s1. The van der Waals surface area contributed by atoms with Gasteiger partial charge >= 0.3 is 27.0 Å². The highest BCUT2D eigenvalue weighted by atomic mass is 35.5. The molecule has 116 heavy (non-hydrogen) atoms. The summed E-state index contributed by atoms with van der Waals surface area (Å²) in [5, 5.41) is 12.3. The number of hydrogen-bond acceptors (Lipinski definition) is 25. The zero-order valence-corrected chi connectivity index (χ0v) is 68.2. The van der Waals surface area contributed by atoms with Gasteiger partial charge in [-0.1, -0.05) is 120 Å². The number of nitriles is 1. The van der Waals surface area contributed by atoms with Crippen LogP contribution in [0.1, 0.15) is 110 Å². The lowest BCUT2D eigenvalue weighted by molar-refractivity contribution is -0.124. The van der Waals surface area contributed by atoms with Crippen molar-refractivity contribution >= 4 is 70.3 Å². The number of fused-ring (bicyclic) bond motifs is 1. The number of phosphoric acid groups is 2. The van der Waals surface area contributed by atoms with E-state index in [4.69, 9.17) is 88.3 Å². The number of phosphoric ester groups is 2. The van der Waals surface area contributed by atoms with E-state index in [9.17, 15) is 34.1 Å². The quantitative estimate of drug-likeness (QED) is 0.0165. The van der Waals surface area contributed by atoms with Crippen LogP contribution >= 0.6 is 47.4 Å². The second kappa shape index (κ2) is 36.9. The van der Waals surface area contributed by atoms with E-state index in [-0.39, 0.29) is 87.6 Å². The summed E-state index contributed by atoms with van der Waals surface area (Å²) in [6.07, 6.45) is -9.15. The molecule has 610 valence electrons. The summed E-state index contributed by atoms with van der Waals surface area (Å²) in [6.45, 7) is 9.42. The van der Waals surface area contributed by atoms with Gasteiger partial charge in [0, 0.05) is 66.3 Å². The highest BCUT2D eigenvalue weighted by molar-refractivity contribution is 7.49. The lowest BCUT2D eigenvalue weighted by atomic mass is 9.79. The molecule has 4 aromatic heterocycles. The van der Waals surface area contributed by atoms with E-state index in [1.165, 1.54) is 94.1 Å². The predicted molar refractivity (Wildman–Crippen MR) is 427 cm³/mol. The summed E-state index contributed by atoms with van der Waals surface area (Å²) in [6, 6.07) is 45.7. The van der Waals surface area contributed by atoms with Crippen LogP contribution in [0.4, 0.5) is 5.82 Å². The number of H-pyrrole nitrogens is 2. The summed E-state index contributed by atoms with van der Waals surface area (Å²) >= 11 is 13.6. The van der Waals surface area contributed by atoms with Crippen molar-refractivity contribution < 1.29 is 78.9 Å². The number of nitrogens with one attached hydrogen (secondary N) is 3. The molecule has 3 saturated heterocycles. The molecule has 13 rings (SSSR count). The van der Waals surface area contributed by atoms with Crippen molar-refractivity contribution in [3.05, 3.63) is 268 Å². The van der Waals surface area contributed by atoms with Gasteiger partial charge in [-0.3, -0.25) is 56.5 Å². The molecule has 0 bridgehead atoms. The lowest BCUT2D eigenvalue weighted by Gasteiger charge is -2.39. The zero-order valence-electron chi connectivity index (χ0n) is 64.0. The van der Waals surface area contributed by atoms with Crippen LogP contribution in [0, 0.1) is 31.1 Å². The molecule has 0 radical (unpaired) electrons. The Labute approximate surface area is 676 Å². The largest absolute Gasteiger partial charge is 0.530 e. The van der Waals surface area contributed by atoms with Crippen molar-refractivity contribution in [1.82, 2.24) is 43.3 Å². The third kappa shape index (κ3) is 19.0. The van der Waals surface area contributed by atoms with Gasteiger partial charge in [0.15, 0.2) is 17.0 Å². The van der Waals surface area contributed by atoms with Gasteiger partial charge in [0.25, 0.3) is 25.6 Å². The molecule has 4 unspecified atom stereocenters. The van der Waals surface area contributed by atoms with Gasteiger partial charge < -0.3 is 51.8 Å². The summed E-state index contributed by atoms with van der Waals surface area (Å²) in [5.41, 5.74) is -2.19. The van der Waals surface area contributed by atoms with Gasteiger partial charge in [-0.25, -0.2) is 38.3 Å². The van der Waals surface area contributed by atoms with Gasteiger partial charge in [-0.05, 0) is 119 Å². The van der Waals surface area contributed by atoms with Gasteiger partial charge in [0.2, 0.25) is 0 Å². The first kappa shape index (κ1) is 84.3. The number of benzene rings is 6. The minimum absolute atomic E-state index is 0.00337.